The maximum Gasteiger partial charge on any atom is 0.420 e. The largest absolute Gasteiger partial charge is 0.420 e. The number of fused-ring (bicyclic) bond motifs is 1. The number of halogens is 1. The molecule has 3 aromatic rings. The Labute approximate surface area is 112 Å². The molecule has 90 valence electrons. The van der Waals surface area contributed by atoms with Gasteiger partial charge in [0.15, 0.2) is 5.58 Å². The first kappa shape index (κ1) is 11.3. The standard InChI is InChI=1S/C14H10BrNO2/c15-11-7-5-10(6-8-11)9-16-12-3-1-2-4-13(12)18-14(16)17/h1-8H,9H2. The molecule has 18 heavy (non-hydrogen) atoms. The highest BCUT2D eigenvalue weighted by molar-refractivity contribution is 9.10. The smallest absolute Gasteiger partial charge is 0.408 e. The normalized spacial score (nSPS) is 10.9. The minimum atomic E-state index is -0.320. The highest BCUT2D eigenvalue weighted by atomic mass is 79.9. The summed E-state index contributed by atoms with van der Waals surface area (Å²) in [5.41, 5.74) is 2.51. The summed E-state index contributed by atoms with van der Waals surface area (Å²) in [4.78, 5) is 11.8. The average Bonchev–Trinajstić information content (AvgIpc) is 2.69. The van der Waals surface area contributed by atoms with E-state index in [-0.39, 0.29) is 5.76 Å². The molecule has 0 aliphatic heterocycles. The SMILES string of the molecule is O=c1oc2ccccc2n1Cc1ccc(Br)cc1. The molecule has 0 unspecified atom stereocenters. The second-order valence-electron chi connectivity index (χ2n) is 4.05. The molecule has 0 amide bonds. The third kappa shape index (κ3) is 1.99. The van der Waals surface area contributed by atoms with E-state index in [4.69, 9.17) is 4.42 Å². The topological polar surface area (TPSA) is 35.1 Å². The summed E-state index contributed by atoms with van der Waals surface area (Å²) < 4.78 is 7.85. The number of nitrogens with zero attached hydrogens (tertiary/aromatic N) is 1. The summed E-state index contributed by atoms with van der Waals surface area (Å²) in [5, 5.41) is 0. The molecule has 0 aliphatic carbocycles. The van der Waals surface area contributed by atoms with Crippen LogP contribution >= 0.6 is 15.9 Å². The highest BCUT2D eigenvalue weighted by Gasteiger charge is 2.08. The molecule has 0 fully saturated rings. The lowest BCUT2D eigenvalue weighted by Crippen LogP contribution is -2.14. The molecular weight excluding hydrogens is 294 g/mol. The molecule has 0 N–H and O–H groups in total. The zero-order chi connectivity index (χ0) is 12.5. The first-order chi connectivity index (χ1) is 8.74. The van der Waals surface area contributed by atoms with Gasteiger partial charge in [-0.05, 0) is 29.8 Å². The molecule has 0 bridgehead atoms. The number of rotatable bonds is 2. The van der Waals surface area contributed by atoms with Crippen molar-refractivity contribution < 1.29 is 4.42 Å². The Morgan fingerprint density at radius 2 is 1.78 bits per heavy atom. The van der Waals surface area contributed by atoms with E-state index < -0.39 is 0 Å². The monoisotopic (exact) mass is 303 g/mol. The summed E-state index contributed by atoms with van der Waals surface area (Å²) in [6.07, 6.45) is 0. The zero-order valence-electron chi connectivity index (χ0n) is 9.47. The van der Waals surface area contributed by atoms with Crippen molar-refractivity contribution in [3.63, 3.8) is 0 Å². The van der Waals surface area contributed by atoms with Crippen LogP contribution in [0.1, 0.15) is 5.56 Å². The summed E-state index contributed by atoms with van der Waals surface area (Å²) in [6.45, 7) is 0.517. The van der Waals surface area contributed by atoms with Gasteiger partial charge in [-0.25, -0.2) is 4.79 Å². The van der Waals surface area contributed by atoms with Crippen LogP contribution in [-0.2, 0) is 6.54 Å². The van der Waals surface area contributed by atoms with Crippen LogP contribution in [0.25, 0.3) is 11.1 Å². The van der Waals surface area contributed by atoms with Crippen molar-refractivity contribution in [2.75, 3.05) is 0 Å². The molecule has 0 radical (unpaired) electrons. The second kappa shape index (κ2) is 4.46. The van der Waals surface area contributed by atoms with E-state index in [0.29, 0.717) is 12.1 Å². The summed E-state index contributed by atoms with van der Waals surface area (Å²) >= 11 is 3.39. The molecule has 0 saturated carbocycles. The Balaban J connectivity index is 2.07. The summed E-state index contributed by atoms with van der Waals surface area (Å²) in [5.74, 6) is -0.320. The quantitative estimate of drug-likeness (QED) is 0.727. The fourth-order valence-electron chi connectivity index (χ4n) is 1.94. The van der Waals surface area contributed by atoms with Gasteiger partial charge >= 0.3 is 5.76 Å². The third-order valence-corrected chi connectivity index (χ3v) is 3.36. The molecule has 0 spiro atoms. The van der Waals surface area contributed by atoms with Crippen LogP contribution < -0.4 is 5.76 Å². The van der Waals surface area contributed by atoms with Gasteiger partial charge in [0, 0.05) is 4.47 Å². The molecular formula is C14H10BrNO2. The van der Waals surface area contributed by atoms with Crippen molar-refractivity contribution in [3.05, 3.63) is 69.1 Å². The van der Waals surface area contributed by atoms with Gasteiger partial charge in [0.05, 0.1) is 12.1 Å². The fraction of sp³-hybridized carbons (Fsp3) is 0.0714. The van der Waals surface area contributed by atoms with Crippen molar-refractivity contribution in [2.24, 2.45) is 0 Å². The summed E-state index contributed by atoms with van der Waals surface area (Å²) in [6, 6.07) is 15.3. The number of oxazole rings is 1. The highest BCUT2D eigenvalue weighted by Crippen LogP contribution is 2.15. The van der Waals surface area contributed by atoms with Gasteiger partial charge in [-0.15, -0.1) is 0 Å². The lowest BCUT2D eigenvalue weighted by Gasteiger charge is -2.02. The van der Waals surface area contributed by atoms with Gasteiger partial charge in [0.1, 0.15) is 0 Å². The second-order valence-corrected chi connectivity index (χ2v) is 4.96. The average molecular weight is 304 g/mol. The van der Waals surface area contributed by atoms with Crippen molar-refractivity contribution >= 4 is 27.0 Å². The predicted octanol–water partition coefficient (Wildman–Crippen LogP) is 3.41. The van der Waals surface area contributed by atoms with E-state index in [1.54, 1.807) is 10.6 Å². The van der Waals surface area contributed by atoms with Gasteiger partial charge < -0.3 is 4.42 Å². The minimum Gasteiger partial charge on any atom is -0.408 e. The van der Waals surface area contributed by atoms with E-state index in [1.165, 1.54) is 0 Å². The van der Waals surface area contributed by atoms with Crippen molar-refractivity contribution in [3.8, 4) is 0 Å². The number of para-hydroxylation sites is 2. The van der Waals surface area contributed by atoms with Crippen molar-refractivity contribution in [1.29, 1.82) is 0 Å². The molecule has 0 aliphatic rings. The lowest BCUT2D eigenvalue weighted by atomic mass is 10.2. The van der Waals surface area contributed by atoms with Crippen LogP contribution in [0.2, 0.25) is 0 Å². The van der Waals surface area contributed by atoms with Crippen LogP contribution in [0.3, 0.4) is 0 Å². The van der Waals surface area contributed by atoms with Crippen LogP contribution in [-0.4, -0.2) is 4.57 Å². The fourth-order valence-corrected chi connectivity index (χ4v) is 2.20. The zero-order valence-corrected chi connectivity index (χ0v) is 11.1. The Hall–Kier alpha value is -1.81. The van der Waals surface area contributed by atoms with Gasteiger partial charge in [-0.3, -0.25) is 4.57 Å². The first-order valence-corrected chi connectivity index (χ1v) is 6.36. The van der Waals surface area contributed by atoms with E-state index in [2.05, 4.69) is 15.9 Å². The maximum atomic E-state index is 11.8. The molecule has 4 heteroatoms. The Bertz CT molecular complexity index is 740. The molecule has 3 nitrogen and oxygen atoms in total. The molecule has 0 saturated heterocycles. The van der Waals surface area contributed by atoms with Crippen LogP contribution in [0.5, 0.6) is 0 Å². The predicted molar refractivity (Wildman–Crippen MR) is 73.7 cm³/mol. The van der Waals surface area contributed by atoms with Crippen LogP contribution in [0.4, 0.5) is 0 Å². The van der Waals surface area contributed by atoms with Crippen molar-refractivity contribution in [1.82, 2.24) is 4.57 Å². The molecule has 3 rings (SSSR count). The number of benzene rings is 2. The van der Waals surface area contributed by atoms with E-state index in [0.717, 1.165) is 15.6 Å². The number of aromatic nitrogens is 1. The van der Waals surface area contributed by atoms with E-state index in [1.807, 2.05) is 42.5 Å². The van der Waals surface area contributed by atoms with Crippen LogP contribution in [0.15, 0.2) is 62.2 Å². The van der Waals surface area contributed by atoms with E-state index >= 15 is 0 Å². The molecule has 1 aromatic heterocycles. The van der Waals surface area contributed by atoms with Gasteiger partial charge in [0.2, 0.25) is 0 Å². The minimum absolute atomic E-state index is 0.320. The lowest BCUT2D eigenvalue weighted by molar-refractivity contribution is 0.517. The van der Waals surface area contributed by atoms with Crippen molar-refractivity contribution in [2.45, 2.75) is 6.54 Å². The Morgan fingerprint density at radius 1 is 1.06 bits per heavy atom. The third-order valence-electron chi connectivity index (χ3n) is 2.83. The maximum absolute atomic E-state index is 11.8. The Morgan fingerprint density at radius 3 is 2.56 bits per heavy atom. The van der Waals surface area contributed by atoms with Gasteiger partial charge in [0.25, 0.3) is 0 Å². The van der Waals surface area contributed by atoms with Gasteiger partial charge in [-0.1, -0.05) is 40.2 Å². The Kier molecular flexibility index (Phi) is 2.80. The van der Waals surface area contributed by atoms with Crippen LogP contribution in [0, 0.1) is 0 Å². The number of hydrogen-bond acceptors (Lipinski definition) is 2. The number of hydrogen-bond donors (Lipinski definition) is 0. The molecule has 2 aromatic carbocycles. The summed E-state index contributed by atoms with van der Waals surface area (Å²) in [7, 11) is 0. The molecule has 0 atom stereocenters. The van der Waals surface area contributed by atoms with E-state index in [9.17, 15) is 4.79 Å². The first-order valence-electron chi connectivity index (χ1n) is 5.57. The van der Waals surface area contributed by atoms with Gasteiger partial charge in [-0.2, -0.15) is 0 Å². The molecule has 1 heterocycles.